The van der Waals surface area contributed by atoms with E-state index in [0.29, 0.717) is 36.1 Å². The molecule has 0 bridgehead atoms. The maximum atomic E-state index is 13.9. The number of nitrogens with two attached hydrogens (primary N) is 1. The minimum atomic E-state index is -0.463. The van der Waals surface area contributed by atoms with E-state index in [1.807, 2.05) is 65.3 Å². The Hall–Kier alpha value is -2.12. The molecule has 37 heavy (non-hydrogen) atoms. The maximum Gasteiger partial charge on any atom is 0.245 e. The van der Waals surface area contributed by atoms with E-state index in [2.05, 4.69) is 5.32 Å². The number of rotatable bonds is 5. The summed E-state index contributed by atoms with van der Waals surface area (Å²) in [6.45, 7) is 3.88. The molecule has 4 unspecified atom stereocenters. The average molecular weight is 544 g/mol. The molecule has 3 aliphatic heterocycles. The third kappa shape index (κ3) is 5.83. The standard InChI is InChI=1S/C29H36Cl2N4O2/c1-18(32)25-3-2-4-26(33-25)28(36)35-17-22(20-7-11-24(31)12-8-20)15-27(35)29(37)34-14-13-21(16-34)19-5-9-23(30)10-6-19/h5-12,18,21-22,25-27,33H,2-4,13-17,32H2,1H3/t18?,21?,22-,25?,26?,27-/m0/s1. The van der Waals surface area contributed by atoms with Crippen molar-refractivity contribution in [1.29, 1.82) is 0 Å². The summed E-state index contributed by atoms with van der Waals surface area (Å²) in [5.41, 5.74) is 8.47. The molecule has 3 N–H and O–H groups in total. The van der Waals surface area contributed by atoms with Crippen molar-refractivity contribution in [2.75, 3.05) is 19.6 Å². The van der Waals surface area contributed by atoms with Crippen molar-refractivity contribution in [2.24, 2.45) is 5.73 Å². The summed E-state index contributed by atoms with van der Waals surface area (Å²) in [5.74, 6) is 0.456. The van der Waals surface area contributed by atoms with Crippen LogP contribution in [0.25, 0.3) is 0 Å². The lowest BCUT2D eigenvalue weighted by Gasteiger charge is -2.36. The summed E-state index contributed by atoms with van der Waals surface area (Å²) in [5, 5.41) is 4.88. The quantitative estimate of drug-likeness (QED) is 0.580. The first-order chi connectivity index (χ1) is 17.8. The second-order valence-corrected chi connectivity index (χ2v) is 11.8. The third-order valence-corrected chi connectivity index (χ3v) is 8.91. The summed E-state index contributed by atoms with van der Waals surface area (Å²) < 4.78 is 0. The van der Waals surface area contributed by atoms with Crippen LogP contribution in [0.2, 0.25) is 10.0 Å². The number of hydrogen-bond acceptors (Lipinski definition) is 4. The molecule has 3 heterocycles. The molecule has 0 aromatic heterocycles. The summed E-state index contributed by atoms with van der Waals surface area (Å²) in [6.07, 6.45) is 4.23. The number of halogens is 2. The van der Waals surface area contributed by atoms with Crippen molar-refractivity contribution in [3.63, 3.8) is 0 Å². The molecule has 0 saturated carbocycles. The highest BCUT2D eigenvalue weighted by Crippen LogP contribution is 2.36. The molecule has 198 valence electrons. The molecule has 6 atom stereocenters. The van der Waals surface area contributed by atoms with Gasteiger partial charge in [0.25, 0.3) is 0 Å². The lowest BCUT2D eigenvalue weighted by molar-refractivity contribution is -0.144. The van der Waals surface area contributed by atoms with E-state index in [4.69, 9.17) is 28.9 Å². The van der Waals surface area contributed by atoms with E-state index in [1.165, 1.54) is 5.56 Å². The zero-order valence-electron chi connectivity index (χ0n) is 21.3. The first kappa shape index (κ1) is 26.5. The Labute approximate surface area is 229 Å². The second-order valence-electron chi connectivity index (χ2n) is 10.9. The van der Waals surface area contributed by atoms with E-state index in [1.54, 1.807) is 0 Å². The van der Waals surface area contributed by atoms with Crippen molar-refractivity contribution in [3.8, 4) is 0 Å². The van der Waals surface area contributed by atoms with Crippen LogP contribution in [-0.4, -0.2) is 65.4 Å². The number of amides is 2. The van der Waals surface area contributed by atoms with E-state index in [-0.39, 0.29) is 41.8 Å². The molecule has 3 aliphatic rings. The molecule has 8 heteroatoms. The summed E-state index contributed by atoms with van der Waals surface area (Å²) in [7, 11) is 0. The Morgan fingerprint density at radius 2 is 1.51 bits per heavy atom. The predicted molar refractivity (Wildman–Crippen MR) is 148 cm³/mol. The van der Waals surface area contributed by atoms with Crippen LogP contribution in [0.15, 0.2) is 48.5 Å². The van der Waals surface area contributed by atoms with Crippen molar-refractivity contribution in [1.82, 2.24) is 15.1 Å². The number of carbonyl (C=O) groups excluding carboxylic acids is 2. The third-order valence-electron chi connectivity index (χ3n) is 8.41. The number of hydrogen-bond donors (Lipinski definition) is 2. The molecule has 2 amide bonds. The number of nitrogens with zero attached hydrogens (tertiary/aromatic N) is 2. The van der Waals surface area contributed by atoms with Gasteiger partial charge in [0.2, 0.25) is 11.8 Å². The summed E-state index contributed by atoms with van der Waals surface area (Å²) in [4.78, 5) is 31.6. The molecule has 0 aliphatic carbocycles. The number of likely N-dealkylation sites (tertiary alicyclic amines) is 2. The molecular formula is C29H36Cl2N4O2. The molecule has 3 saturated heterocycles. The van der Waals surface area contributed by atoms with Gasteiger partial charge in [-0.25, -0.2) is 0 Å². The van der Waals surface area contributed by atoms with Crippen molar-refractivity contribution >= 4 is 35.0 Å². The van der Waals surface area contributed by atoms with Crippen molar-refractivity contribution < 1.29 is 9.59 Å². The molecule has 2 aromatic rings. The fourth-order valence-corrected chi connectivity index (χ4v) is 6.50. The molecule has 6 nitrogen and oxygen atoms in total. The lowest BCUT2D eigenvalue weighted by Crippen LogP contribution is -2.58. The average Bonchev–Trinajstić information content (AvgIpc) is 3.57. The monoisotopic (exact) mass is 542 g/mol. The van der Waals surface area contributed by atoms with Crippen LogP contribution in [0.3, 0.4) is 0 Å². The van der Waals surface area contributed by atoms with Gasteiger partial charge in [-0.05, 0) is 74.4 Å². The van der Waals surface area contributed by atoms with Crippen LogP contribution < -0.4 is 11.1 Å². The number of piperidine rings is 1. The van der Waals surface area contributed by atoms with Gasteiger partial charge in [0, 0.05) is 53.6 Å². The van der Waals surface area contributed by atoms with Crippen LogP contribution in [-0.2, 0) is 9.59 Å². The van der Waals surface area contributed by atoms with Crippen LogP contribution in [0.1, 0.15) is 62.0 Å². The SMILES string of the molecule is CC(N)C1CCCC(C(=O)N2C[C@@H](c3ccc(Cl)cc3)C[C@H]2C(=O)N2CCC(c3ccc(Cl)cc3)C2)N1. The Morgan fingerprint density at radius 3 is 2.14 bits per heavy atom. The molecule has 0 spiro atoms. The highest BCUT2D eigenvalue weighted by Gasteiger charge is 2.45. The van der Waals surface area contributed by atoms with E-state index in [9.17, 15) is 9.59 Å². The molecule has 3 fully saturated rings. The van der Waals surface area contributed by atoms with Crippen LogP contribution in [0.4, 0.5) is 0 Å². The van der Waals surface area contributed by atoms with Gasteiger partial charge >= 0.3 is 0 Å². The Balaban J connectivity index is 1.34. The van der Waals surface area contributed by atoms with Gasteiger partial charge in [-0.15, -0.1) is 0 Å². The van der Waals surface area contributed by atoms with Gasteiger partial charge in [0.15, 0.2) is 0 Å². The number of nitrogens with one attached hydrogen (secondary N) is 1. The molecular weight excluding hydrogens is 507 g/mol. The first-order valence-electron chi connectivity index (χ1n) is 13.4. The Morgan fingerprint density at radius 1 is 0.892 bits per heavy atom. The minimum Gasteiger partial charge on any atom is -0.340 e. The highest BCUT2D eigenvalue weighted by molar-refractivity contribution is 6.30. The van der Waals surface area contributed by atoms with Gasteiger partial charge in [0.05, 0.1) is 6.04 Å². The highest BCUT2D eigenvalue weighted by atomic mass is 35.5. The molecule has 2 aromatic carbocycles. The fourth-order valence-electron chi connectivity index (χ4n) is 6.24. The first-order valence-corrected chi connectivity index (χ1v) is 14.2. The predicted octanol–water partition coefficient (Wildman–Crippen LogP) is 4.55. The smallest absolute Gasteiger partial charge is 0.245 e. The van der Waals surface area contributed by atoms with Crippen LogP contribution in [0.5, 0.6) is 0 Å². The largest absolute Gasteiger partial charge is 0.340 e. The summed E-state index contributed by atoms with van der Waals surface area (Å²) >= 11 is 12.2. The molecule has 5 rings (SSSR count). The van der Waals surface area contributed by atoms with Gasteiger partial charge in [0.1, 0.15) is 6.04 Å². The second kappa shape index (κ2) is 11.3. The topological polar surface area (TPSA) is 78.7 Å². The summed E-state index contributed by atoms with van der Waals surface area (Å²) in [6, 6.07) is 15.0. The van der Waals surface area contributed by atoms with Gasteiger partial charge in [-0.2, -0.15) is 0 Å². The normalized spacial score (nSPS) is 28.9. The van der Waals surface area contributed by atoms with Gasteiger partial charge in [-0.3, -0.25) is 9.59 Å². The van der Waals surface area contributed by atoms with Crippen LogP contribution >= 0.6 is 23.2 Å². The van der Waals surface area contributed by atoms with Crippen LogP contribution in [0, 0.1) is 0 Å². The Bertz CT molecular complexity index is 1110. The lowest BCUT2D eigenvalue weighted by atomic mass is 9.94. The van der Waals surface area contributed by atoms with E-state index in [0.717, 1.165) is 31.2 Å². The van der Waals surface area contributed by atoms with E-state index >= 15 is 0 Å². The maximum absolute atomic E-state index is 13.9. The van der Waals surface area contributed by atoms with Gasteiger partial charge < -0.3 is 20.9 Å². The fraction of sp³-hybridized carbons (Fsp3) is 0.517. The zero-order valence-corrected chi connectivity index (χ0v) is 22.8. The minimum absolute atomic E-state index is 0.0219. The number of benzene rings is 2. The van der Waals surface area contributed by atoms with E-state index < -0.39 is 6.04 Å². The molecule has 0 radical (unpaired) electrons. The zero-order chi connectivity index (χ0) is 26.1. The van der Waals surface area contributed by atoms with Gasteiger partial charge in [-0.1, -0.05) is 47.5 Å². The van der Waals surface area contributed by atoms with Crippen molar-refractivity contribution in [3.05, 3.63) is 69.7 Å². The van der Waals surface area contributed by atoms with Crippen molar-refractivity contribution in [2.45, 2.75) is 75.0 Å². The number of carbonyl (C=O) groups is 2. The Kier molecular flexibility index (Phi) is 8.10.